The minimum Gasteiger partial charge on any atom is -0.530 e. The van der Waals surface area contributed by atoms with Crippen LogP contribution in [0.1, 0.15) is 0 Å². The fourth-order valence-electron chi connectivity index (χ4n) is 0.253. The molecule has 0 aromatic carbocycles. The number of carboxylic acid groups (broad SMARTS) is 1. The van der Waals surface area contributed by atoms with Gasteiger partial charge in [0.25, 0.3) is 0 Å². The summed E-state index contributed by atoms with van der Waals surface area (Å²) in [4.78, 5) is 16.0. The lowest BCUT2D eigenvalue weighted by Gasteiger charge is -1.78. The van der Waals surface area contributed by atoms with Crippen LogP contribution in [0.15, 0.2) is 24.8 Å². The van der Waals surface area contributed by atoms with Crippen LogP contribution in [0.3, 0.4) is 0 Å². The Hall–Kier alpha value is -1.65. The maximum Gasteiger partial charge on any atom is 0.131 e. The van der Waals surface area contributed by atoms with Crippen LogP contribution in [-0.4, -0.2) is 16.1 Å². The van der Waals surface area contributed by atoms with E-state index in [1.165, 1.54) is 6.33 Å². The molecule has 1 amide bonds. The second kappa shape index (κ2) is 5.49. The van der Waals surface area contributed by atoms with Crippen LogP contribution >= 0.6 is 0 Å². The molecule has 0 saturated heterocycles. The third-order valence-corrected chi connectivity index (χ3v) is 0.478. The molecule has 0 fully saturated rings. The van der Waals surface area contributed by atoms with Crippen molar-refractivity contribution in [3.63, 3.8) is 0 Å². The van der Waals surface area contributed by atoms with Crippen LogP contribution in [0.25, 0.3) is 0 Å². The van der Waals surface area contributed by atoms with E-state index in [2.05, 4.69) is 15.7 Å². The summed E-state index contributed by atoms with van der Waals surface area (Å²) in [5.74, 6) is 0. The van der Waals surface area contributed by atoms with Gasteiger partial charge in [-0.15, -0.1) is 0 Å². The van der Waals surface area contributed by atoms with E-state index < -0.39 is 6.09 Å². The van der Waals surface area contributed by atoms with Crippen LogP contribution < -0.4 is 10.8 Å². The summed E-state index contributed by atoms with van der Waals surface area (Å²) in [7, 11) is 0. The first-order valence-corrected chi connectivity index (χ1v) is 2.40. The van der Waals surface area contributed by atoms with Gasteiger partial charge in [0.05, 0.1) is 0 Å². The number of carbonyl (C=O) groups is 1. The first-order chi connectivity index (χ1) is 4.73. The van der Waals surface area contributed by atoms with Gasteiger partial charge in [-0.05, 0) is 6.07 Å². The Morgan fingerprint density at radius 1 is 1.40 bits per heavy atom. The van der Waals surface area contributed by atoms with Crippen molar-refractivity contribution in [3.05, 3.63) is 24.8 Å². The second-order valence-electron chi connectivity index (χ2n) is 1.22. The van der Waals surface area contributed by atoms with Crippen LogP contribution in [0.5, 0.6) is 0 Å². The lowest BCUT2D eigenvalue weighted by molar-refractivity contribution is -0.245. The average Bonchev–Trinajstić information content (AvgIpc) is 1.90. The molecule has 0 bridgehead atoms. The molecule has 0 aliphatic carbocycles. The van der Waals surface area contributed by atoms with Gasteiger partial charge in [0, 0.05) is 12.4 Å². The number of rotatable bonds is 0. The van der Waals surface area contributed by atoms with Gasteiger partial charge in [0.15, 0.2) is 0 Å². The number of nitrogens with zero attached hydrogens (tertiary/aromatic N) is 2. The van der Waals surface area contributed by atoms with E-state index >= 15 is 0 Å². The Balaban J connectivity index is 0.000000180. The van der Waals surface area contributed by atoms with Crippen molar-refractivity contribution in [2.45, 2.75) is 0 Å². The molecule has 5 nitrogen and oxygen atoms in total. The van der Waals surface area contributed by atoms with E-state index in [-0.39, 0.29) is 0 Å². The quantitative estimate of drug-likeness (QED) is 0.488. The molecule has 1 rings (SSSR count). The highest BCUT2D eigenvalue weighted by atomic mass is 16.4. The zero-order chi connectivity index (χ0) is 7.82. The largest absolute Gasteiger partial charge is 0.530 e. The van der Waals surface area contributed by atoms with E-state index in [9.17, 15) is 0 Å². The molecule has 0 spiro atoms. The van der Waals surface area contributed by atoms with Crippen LogP contribution in [0.4, 0.5) is 4.79 Å². The van der Waals surface area contributed by atoms with E-state index in [0.717, 1.165) is 0 Å². The highest BCUT2D eigenvalue weighted by Crippen LogP contribution is 1.66. The van der Waals surface area contributed by atoms with Gasteiger partial charge < -0.3 is 15.6 Å². The van der Waals surface area contributed by atoms with Crippen molar-refractivity contribution < 1.29 is 9.90 Å². The molecule has 0 radical (unpaired) electrons. The molecule has 0 saturated carbocycles. The summed E-state index contributed by atoms with van der Waals surface area (Å²) in [6.45, 7) is 0. The fourth-order valence-corrected chi connectivity index (χ4v) is 0.253. The third kappa shape index (κ3) is 9.61. The predicted octanol–water partition coefficient (Wildman–Crippen LogP) is -1.23. The standard InChI is InChI=1S/C4H4N2.CH3NO2/c1-2-5-4-6-3-1;2-1(3)4/h1-4H;2H2,(H,3,4)/p-1. The Bertz CT molecular complexity index is 147. The van der Waals surface area contributed by atoms with Crippen molar-refractivity contribution in [1.82, 2.24) is 9.97 Å². The molecule has 0 unspecified atom stereocenters. The SMILES string of the molecule is NC(=O)[O-].c1cncnc1. The van der Waals surface area contributed by atoms with Crippen molar-refractivity contribution in [1.29, 1.82) is 0 Å². The summed E-state index contributed by atoms with van der Waals surface area (Å²) in [6.07, 6.45) is 3.29. The monoisotopic (exact) mass is 140 g/mol. The molecule has 1 aromatic heterocycles. The Morgan fingerprint density at radius 2 is 1.80 bits per heavy atom. The zero-order valence-corrected chi connectivity index (χ0v) is 5.10. The van der Waals surface area contributed by atoms with Gasteiger partial charge in [0.2, 0.25) is 0 Å². The number of amides is 1. The van der Waals surface area contributed by atoms with Gasteiger partial charge in [-0.3, -0.25) is 0 Å². The molecular weight excluding hydrogens is 134 g/mol. The smallest absolute Gasteiger partial charge is 0.131 e. The highest BCUT2D eigenvalue weighted by molar-refractivity contribution is 5.58. The van der Waals surface area contributed by atoms with Gasteiger partial charge in [-0.2, -0.15) is 0 Å². The van der Waals surface area contributed by atoms with Crippen molar-refractivity contribution in [3.8, 4) is 0 Å². The van der Waals surface area contributed by atoms with Crippen molar-refractivity contribution >= 4 is 6.09 Å². The normalized spacial score (nSPS) is 7.20. The molecular formula is C5H6N3O2-. The topological polar surface area (TPSA) is 91.9 Å². The lowest BCUT2D eigenvalue weighted by Crippen LogP contribution is -2.29. The molecule has 1 aromatic rings. The Morgan fingerprint density at radius 3 is 1.90 bits per heavy atom. The number of primary amides is 1. The molecule has 0 aliphatic heterocycles. The van der Waals surface area contributed by atoms with E-state index in [1.54, 1.807) is 18.5 Å². The summed E-state index contributed by atoms with van der Waals surface area (Å²) in [6, 6.07) is 1.78. The number of nitrogens with two attached hydrogens (primary N) is 1. The molecule has 10 heavy (non-hydrogen) atoms. The number of hydrogen-bond acceptors (Lipinski definition) is 4. The maximum absolute atomic E-state index is 8.67. The van der Waals surface area contributed by atoms with Crippen LogP contribution in [0.2, 0.25) is 0 Å². The molecule has 5 heteroatoms. The highest BCUT2D eigenvalue weighted by Gasteiger charge is 1.59. The third-order valence-electron chi connectivity index (χ3n) is 0.478. The minimum absolute atomic E-state index is 1.50. The summed E-state index contributed by atoms with van der Waals surface area (Å²) >= 11 is 0. The lowest BCUT2D eigenvalue weighted by atomic mass is 10.7. The van der Waals surface area contributed by atoms with Crippen molar-refractivity contribution in [2.24, 2.45) is 5.73 Å². The predicted molar refractivity (Wildman–Crippen MR) is 31.6 cm³/mol. The number of hydrogen-bond donors (Lipinski definition) is 1. The average molecular weight is 140 g/mol. The summed E-state index contributed by atoms with van der Waals surface area (Å²) in [5, 5.41) is 8.67. The van der Waals surface area contributed by atoms with Crippen molar-refractivity contribution in [2.75, 3.05) is 0 Å². The fraction of sp³-hybridized carbons (Fsp3) is 0. The van der Waals surface area contributed by atoms with E-state index in [0.29, 0.717) is 0 Å². The van der Waals surface area contributed by atoms with Crippen LogP contribution in [0, 0.1) is 0 Å². The molecule has 0 aliphatic rings. The zero-order valence-electron chi connectivity index (χ0n) is 5.10. The van der Waals surface area contributed by atoms with Gasteiger partial charge in [-0.25, -0.2) is 9.97 Å². The molecule has 1 heterocycles. The van der Waals surface area contributed by atoms with Crippen LogP contribution in [-0.2, 0) is 0 Å². The first-order valence-electron chi connectivity index (χ1n) is 2.40. The summed E-state index contributed by atoms with van der Waals surface area (Å²) < 4.78 is 0. The Labute approximate surface area is 57.5 Å². The minimum atomic E-state index is -1.58. The van der Waals surface area contributed by atoms with Gasteiger partial charge in [-0.1, -0.05) is 0 Å². The van der Waals surface area contributed by atoms with E-state index in [4.69, 9.17) is 9.90 Å². The summed E-state index contributed by atoms with van der Waals surface area (Å²) in [5.41, 5.74) is 3.92. The number of carbonyl (C=O) groups excluding carboxylic acids is 1. The first kappa shape index (κ1) is 8.35. The van der Waals surface area contributed by atoms with Gasteiger partial charge in [0.1, 0.15) is 12.4 Å². The van der Waals surface area contributed by atoms with Gasteiger partial charge >= 0.3 is 0 Å². The number of aromatic nitrogens is 2. The molecule has 2 N–H and O–H groups in total. The second-order valence-corrected chi connectivity index (χ2v) is 1.22. The molecule has 54 valence electrons. The maximum atomic E-state index is 8.67. The van der Waals surface area contributed by atoms with E-state index in [1.807, 2.05) is 0 Å². The Kier molecular flexibility index (Phi) is 4.58. The molecule has 0 atom stereocenters.